The first-order valence-corrected chi connectivity index (χ1v) is 13.0. The van der Waals surface area contributed by atoms with E-state index in [1.165, 1.54) is 0 Å². The topological polar surface area (TPSA) is 120 Å². The van der Waals surface area contributed by atoms with Crippen LogP contribution in [-0.4, -0.2) is 81.5 Å². The maximum absolute atomic E-state index is 13.7. The van der Waals surface area contributed by atoms with Crippen LogP contribution in [0.3, 0.4) is 0 Å². The van der Waals surface area contributed by atoms with Gasteiger partial charge in [0, 0.05) is 49.7 Å². The molecule has 1 saturated heterocycles. The Bertz CT molecular complexity index is 1520. The maximum Gasteiger partial charge on any atom is 0.333 e. The molecule has 1 aliphatic heterocycles. The molecule has 2 amide bonds. The molecule has 39 heavy (non-hydrogen) atoms. The Balaban J connectivity index is 1.19. The number of urea groups is 1. The molecule has 2 aromatic heterocycles. The Hall–Kier alpha value is -4.48. The Kier molecular flexibility index (Phi) is 6.59. The number of amides is 2. The number of fused-ring (bicyclic) bond motifs is 3. The van der Waals surface area contributed by atoms with E-state index in [4.69, 9.17) is 4.74 Å². The zero-order valence-corrected chi connectivity index (χ0v) is 21.9. The summed E-state index contributed by atoms with van der Waals surface area (Å²) in [5, 5.41) is 16.5. The molecule has 3 N–H and O–H groups in total. The molecule has 6 rings (SSSR count). The second-order valence-corrected chi connectivity index (χ2v) is 9.83. The van der Waals surface area contributed by atoms with Gasteiger partial charge in [0.1, 0.15) is 18.1 Å². The zero-order chi connectivity index (χ0) is 26.9. The number of carbonyl (C=O) groups is 2. The summed E-state index contributed by atoms with van der Waals surface area (Å²) in [7, 11) is 2.06. The number of aryl methyl sites for hydroxylation is 1. The van der Waals surface area contributed by atoms with Crippen molar-refractivity contribution in [2.45, 2.75) is 13.5 Å². The lowest BCUT2D eigenvalue weighted by atomic mass is 10.00. The van der Waals surface area contributed by atoms with E-state index in [0.29, 0.717) is 46.9 Å². The van der Waals surface area contributed by atoms with Crippen LogP contribution >= 0.6 is 0 Å². The minimum absolute atomic E-state index is 0.168. The third-order valence-corrected chi connectivity index (χ3v) is 7.17. The SMILES string of the molecule is Cc1cc(OCCn2cccn2)ccc1-c1[nH]nc2c1C(=O)c1c(NC(=O)NN3CCN(C)CC3)cccc1-2. The molecule has 0 saturated carbocycles. The van der Waals surface area contributed by atoms with Gasteiger partial charge in [-0.15, -0.1) is 0 Å². The number of likely N-dealkylation sites (N-methyl/N-ethyl adjacent to an activating group) is 1. The van der Waals surface area contributed by atoms with Crippen LogP contribution in [-0.2, 0) is 6.54 Å². The molecule has 0 atom stereocenters. The number of hydrogen-bond acceptors (Lipinski definition) is 7. The molecule has 200 valence electrons. The number of hydrazine groups is 1. The molecular formula is C28H30N8O3. The smallest absolute Gasteiger partial charge is 0.333 e. The van der Waals surface area contributed by atoms with Crippen molar-refractivity contribution in [3.05, 3.63) is 71.5 Å². The molecule has 0 spiro atoms. The van der Waals surface area contributed by atoms with Crippen molar-refractivity contribution in [2.75, 3.05) is 45.2 Å². The van der Waals surface area contributed by atoms with Crippen LogP contribution in [0.5, 0.6) is 5.75 Å². The molecule has 0 radical (unpaired) electrons. The Labute approximate surface area is 225 Å². The van der Waals surface area contributed by atoms with Crippen molar-refractivity contribution >= 4 is 17.5 Å². The predicted molar refractivity (Wildman–Crippen MR) is 147 cm³/mol. The van der Waals surface area contributed by atoms with Crippen LogP contribution in [0.1, 0.15) is 21.5 Å². The second kappa shape index (κ2) is 10.4. The molecule has 1 aliphatic carbocycles. The molecular weight excluding hydrogens is 496 g/mol. The molecule has 0 unspecified atom stereocenters. The number of ether oxygens (including phenoxy) is 1. The van der Waals surface area contributed by atoms with E-state index in [0.717, 1.165) is 43.1 Å². The summed E-state index contributed by atoms with van der Waals surface area (Å²) in [4.78, 5) is 28.7. The largest absolute Gasteiger partial charge is 0.492 e. The quantitative estimate of drug-likeness (QED) is 0.298. The van der Waals surface area contributed by atoms with E-state index < -0.39 is 0 Å². The average Bonchev–Trinajstić information content (AvgIpc) is 3.65. The van der Waals surface area contributed by atoms with E-state index in [9.17, 15) is 9.59 Å². The molecule has 2 aliphatic rings. The van der Waals surface area contributed by atoms with Gasteiger partial charge in [-0.2, -0.15) is 10.2 Å². The molecule has 4 aromatic rings. The fourth-order valence-electron chi connectivity index (χ4n) is 5.08. The lowest BCUT2D eigenvalue weighted by molar-refractivity contribution is 0.104. The van der Waals surface area contributed by atoms with Crippen LogP contribution in [0, 0.1) is 6.92 Å². The first-order valence-electron chi connectivity index (χ1n) is 13.0. The van der Waals surface area contributed by atoms with E-state index in [2.05, 4.69) is 38.0 Å². The summed E-state index contributed by atoms with van der Waals surface area (Å²) in [6, 6.07) is 12.7. The number of aromatic amines is 1. The maximum atomic E-state index is 13.7. The van der Waals surface area contributed by atoms with Crippen LogP contribution in [0.15, 0.2) is 54.9 Å². The number of benzene rings is 2. The van der Waals surface area contributed by atoms with Gasteiger partial charge in [-0.3, -0.25) is 20.0 Å². The van der Waals surface area contributed by atoms with Crippen molar-refractivity contribution in [1.82, 2.24) is 35.3 Å². The average molecular weight is 527 g/mol. The number of anilines is 1. The number of H-pyrrole nitrogens is 1. The fraction of sp³-hybridized carbons (Fsp3) is 0.286. The van der Waals surface area contributed by atoms with Crippen molar-refractivity contribution in [1.29, 1.82) is 0 Å². The van der Waals surface area contributed by atoms with Crippen molar-refractivity contribution in [3.8, 4) is 28.3 Å². The lowest BCUT2D eigenvalue weighted by Gasteiger charge is -2.32. The highest BCUT2D eigenvalue weighted by atomic mass is 16.5. The van der Waals surface area contributed by atoms with Gasteiger partial charge >= 0.3 is 6.03 Å². The Morgan fingerprint density at radius 1 is 1.08 bits per heavy atom. The standard InChI is InChI=1S/C28H30N8O3/c1-18-17-19(39-16-15-35-10-4-9-29-35)7-8-20(18)25-24-26(32-31-25)21-5-3-6-22(23(21)27(24)37)30-28(38)33-36-13-11-34(2)12-14-36/h3-10,17H,11-16H2,1-2H3,(H,31,32)(H2,30,33,38). The van der Waals surface area contributed by atoms with Crippen LogP contribution in [0.4, 0.5) is 10.5 Å². The van der Waals surface area contributed by atoms with Gasteiger partial charge in [-0.25, -0.2) is 9.80 Å². The highest BCUT2D eigenvalue weighted by Crippen LogP contribution is 2.43. The molecule has 2 aromatic carbocycles. The zero-order valence-electron chi connectivity index (χ0n) is 21.9. The van der Waals surface area contributed by atoms with Crippen LogP contribution in [0.25, 0.3) is 22.5 Å². The molecule has 0 bridgehead atoms. The molecule has 11 nitrogen and oxygen atoms in total. The van der Waals surface area contributed by atoms with Gasteiger partial charge < -0.3 is 15.0 Å². The third-order valence-electron chi connectivity index (χ3n) is 7.17. The van der Waals surface area contributed by atoms with Crippen molar-refractivity contribution in [2.24, 2.45) is 0 Å². The van der Waals surface area contributed by atoms with Crippen molar-refractivity contribution < 1.29 is 14.3 Å². The molecule has 11 heteroatoms. The molecule has 3 heterocycles. The second-order valence-electron chi connectivity index (χ2n) is 9.83. The number of carbonyl (C=O) groups excluding carboxylic acids is 2. The summed E-state index contributed by atoms with van der Waals surface area (Å²) >= 11 is 0. The summed E-state index contributed by atoms with van der Waals surface area (Å²) in [5.41, 5.74) is 8.07. The minimum Gasteiger partial charge on any atom is -0.492 e. The van der Waals surface area contributed by atoms with Crippen LogP contribution < -0.4 is 15.5 Å². The normalized spacial score (nSPS) is 15.2. The first-order chi connectivity index (χ1) is 19.0. The van der Waals surface area contributed by atoms with Gasteiger partial charge in [-0.05, 0) is 49.9 Å². The summed E-state index contributed by atoms with van der Waals surface area (Å²) in [6.45, 7) is 6.35. The van der Waals surface area contributed by atoms with Crippen molar-refractivity contribution in [3.63, 3.8) is 0 Å². The number of piperazine rings is 1. The first kappa shape index (κ1) is 24.8. The predicted octanol–water partition coefficient (Wildman–Crippen LogP) is 3.16. The number of rotatable bonds is 7. The number of aromatic nitrogens is 4. The lowest BCUT2D eigenvalue weighted by Crippen LogP contribution is -2.53. The Morgan fingerprint density at radius 2 is 1.92 bits per heavy atom. The summed E-state index contributed by atoms with van der Waals surface area (Å²) in [6.07, 6.45) is 3.64. The minimum atomic E-state index is -0.369. The number of nitrogens with one attached hydrogen (secondary N) is 3. The van der Waals surface area contributed by atoms with Gasteiger partial charge in [-0.1, -0.05) is 12.1 Å². The number of nitrogens with zero attached hydrogens (tertiary/aromatic N) is 5. The van der Waals surface area contributed by atoms with Crippen LogP contribution in [0.2, 0.25) is 0 Å². The highest BCUT2D eigenvalue weighted by molar-refractivity contribution is 6.27. The van der Waals surface area contributed by atoms with E-state index in [1.54, 1.807) is 12.3 Å². The highest BCUT2D eigenvalue weighted by Gasteiger charge is 2.35. The monoisotopic (exact) mass is 526 g/mol. The van der Waals surface area contributed by atoms with Gasteiger partial charge in [0.05, 0.1) is 29.1 Å². The Morgan fingerprint density at radius 3 is 2.69 bits per heavy atom. The van der Waals surface area contributed by atoms with E-state index >= 15 is 0 Å². The van der Waals surface area contributed by atoms with Gasteiger partial charge in [0.25, 0.3) is 0 Å². The van der Waals surface area contributed by atoms with Gasteiger partial charge in [0.2, 0.25) is 0 Å². The number of ketones is 1. The summed E-state index contributed by atoms with van der Waals surface area (Å²) < 4.78 is 7.72. The molecule has 1 fully saturated rings. The van der Waals surface area contributed by atoms with Gasteiger partial charge in [0.15, 0.2) is 5.78 Å². The third kappa shape index (κ3) is 4.89. The summed E-state index contributed by atoms with van der Waals surface area (Å²) in [5.74, 6) is 0.574. The van der Waals surface area contributed by atoms with E-state index in [-0.39, 0.29) is 11.8 Å². The fourth-order valence-corrected chi connectivity index (χ4v) is 5.08. The van der Waals surface area contributed by atoms with E-state index in [1.807, 2.05) is 59.2 Å². The number of hydrogen-bond donors (Lipinski definition) is 3.